The topological polar surface area (TPSA) is 34.4 Å². The lowest BCUT2D eigenvalue weighted by Gasteiger charge is -2.17. The molecule has 3 heteroatoms. The molecule has 3 nitrogen and oxygen atoms in total. The van der Waals surface area contributed by atoms with E-state index in [1.807, 2.05) is 24.3 Å². The Bertz CT molecular complexity index is 465. The van der Waals surface area contributed by atoms with Crippen LogP contribution in [0.5, 0.6) is 0 Å². The quantitative estimate of drug-likeness (QED) is 0.846. The van der Waals surface area contributed by atoms with Crippen LogP contribution in [0.1, 0.15) is 18.2 Å². The molecule has 0 radical (unpaired) electrons. The van der Waals surface area contributed by atoms with Crippen molar-refractivity contribution < 1.29 is 9.15 Å². The fourth-order valence-electron chi connectivity index (χ4n) is 1.99. The number of methoxy groups -OCH3 is 1. The van der Waals surface area contributed by atoms with E-state index in [9.17, 15) is 0 Å². The zero-order chi connectivity index (χ0) is 12.8. The molecule has 0 aliphatic rings. The molecule has 0 aliphatic carbocycles. The highest BCUT2D eigenvalue weighted by atomic mass is 16.5. The molecule has 1 N–H and O–H groups in total. The Labute approximate surface area is 108 Å². The van der Waals surface area contributed by atoms with Gasteiger partial charge in [0.2, 0.25) is 0 Å². The van der Waals surface area contributed by atoms with Crippen molar-refractivity contribution in [2.24, 2.45) is 0 Å². The summed E-state index contributed by atoms with van der Waals surface area (Å²) in [5.41, 5.74) is 2.30. The molecule has 0 bridgehead atoms. The molecule has 0 saturated carbocycles. The van der Waals surface area contributed by atoms with E-state index >= 15 is 0 Å². The van der Waals surface area contributed by atoms with E-state index in [1.165, 1.54) is 5.56 Å². The van der Waals surface area contributed by atoms with Crippen LogP contribution in [0.25, 0.3) is 0 Å². The first kappa shape index (κ1) is 12.7. The van der Waals surface area contributed by atoms with Crippen molar-refractivity contribution in [3.05, 3.63) is 54.0 Å². The third kappa shape index (κ3) is 3.37. The second-order valence-electron chi connectivity index (χ2n) is 4.42. The number of ether oxygens (including phenoxy) is 1. The van der Waals surface area contributed by atoms with E-state index in [2.05, 4.69) is 24.4 Å². The summed E-state index contributed by atoms with van der Waals surface area (Å²) < 4.78 is 10.6. The molecule has 1 aromatic heterocycles. The first-order valence-electron chi connectivity index (χ1n) is 6.15. The van der Waals surface area contributed by atoms with Crippen LogP contribution in [0, 0.1) is 0 Å². The molecule has 0 spiro atoms. The molecular formula is C15H19NO2. The van der Waals surface area contributed by atoms with Crippen LogP contribution in [-0.2, 0) is 17.8 Å². The molecule has 2 rings (SSSR count). The van der Waals surface area contributed by atoms with Gasteiger partial charge in [-0.2, -0.15) is 0 Å². The van der Waals surface area contributed by atoms with Crippen LogP contribution in [0.2, 0.25) is 0 Å². The zero-order valence-electron chi connectivity index (χ0n) is 10.8. The Morgan fingerprint density at radius 1 is 1.22 bits per heavy atom. The number of para-hydroxylation sites is 1. The van der Waals surface area contributed by atoms with Gasteiger partial charge < -0.3 is 14.5 Å². The maximum Gasteiger partial charge on any atom is 0.105 e. The van der Waals surface area contributed by atoms with Crippen LogP contribution in [0.3, 0.4) is 0 Å². The predicted molar refractivity (Wildman–Crippen MR) is 72.7 cm³/mol. The van der Waals surface area contributed by atoms with Crippen molar-refractivity contribution >= 4 is 5.69 Å². The lowest BCUT2D eigenvalue weighted by molar-refractivity contribution is 0.185. The van der Waals surface area contributed by atoms with E-state index in [4.69, 9.17) is 9.15 Å². The van der Waals surface area contributed by atoms with E-state index in [1.54, 1.807) is 13.4 Å². The Morgan fingerprint density at radius 2 is 2.06 bits per heavy atom. The van der Waals surface area contributed by atoms with Gasteiger partial charge in [-0.3, -0.25) is 0 Å². The highest BCUT2D eigenvalue weighted by Crippen LogP contribution is 2.18. The number of anilines is 1. The van der Waals surface area contributed by atoms with E-state index in [-0.39, 0.29) is 0 Å². The second kappa shape index (κ2) is 6.26. The summed E-state index contributed by atoms with van der Waals surface area (Å²) in [6, 6.07) is 12.4. The van der Waals surface area contributed by atoms with Gasteiger partial charge in [0.25, 0.3) is 0 Å². The minimum atomic E-state index is 0.314. The summed E-state index contributed by atoms with van der Waals surface area (Å²) in [6.07, 6.45) is 2.58. The van der Waals surface area contributed by atoms with Gasteiger partial charge in [-0.25, -0.2) is 0 Å². The molecule has 0 saturated heterocycles. The smallest absolute Gasteiger partial charge is 0.105 e. The standard InChI is InChI=1S/C15H19NO2/c1-12(10-14-7-5-9-18-14)16-15-8-4-3-6-13(15)11-17-2/h3-9,12,16H,10-11H2,1-2H3. The molecule has 1 aromatic carbocycles. The van der Waals surface area contributed by atoms with Gasteiger partial charge in [0, 0.05) is 30.8 Å². The van der Waals surface area contributed by atoms with Gasteiger partial charge in [0.05, 0.1) is 12.9 Å². The summed E-state index contributed by atoms with van der Waals surface area (Å²) in [7, 11) is 1.71. The van der Waals surface area contributed by atoms with Crippen LogP contribution in [0.4, 0.5) is 5.69 Å². The first-order chi connectivity index (χ1) is 8.79. The predicted octanol–water partition coefficient (Wildman–Crippen LogP) is 3.47. The van der Waals surface area contributed by atoms with E-state index in [0.717, 1.165) is 17.9 Å². The summed E-state index contributed by atoms with van der Waals surface area (Å²) in [6.45, 7) is 2.77. The molecule has 18 heavy (non-hydrogen) atoms. The first-order valence-corrected chi connectivity index (χ1v) is 6.15. The fraction of sp³-hybridized carbons (Fsp3) is 0.333. The number of nitrogens with one attached hydrogen (secondary N) is 1. The number of hydrogen-bond donors (Lipinski definition) is 1. The van der Waals surface area contributed by atoms with E-state index in [0.29, 0.717) is 12.6 Å². The molecule has 0 fully saturated rings. The molecule has 0 amide bonds. The van der Waals surface area contributed by atoms with Gasteiger partial charge in [0.1, 0.15) is 5.76 Å². The average Bonchev–Trinajstić information content (AvgIpc) is 2.84. The van der Waals surface area contributed by atoms with Crippen molar-refractivity contribution in [2.45, 2.75) is 26.0 Å². The van der Waals surface area contributed by atoms with Gasteiger partial charge >= 0.3 is 0 Å². The Morgan fingerprint density at radius 3 is 2.78 bits per heavy atom. The van der Waals surface area contributed by atoms with Gasteiger partial charge in [-0.05, 0) is 25.1 Å². The second-order valence-corrected chi connectivity index (χ2v) is 4.42. The maximum atomic E-state index is 5.35. The Balaban J connectivity index is 2.00. The zero-order valence-corrected chi connectivity index (χ0v) is 10.8. The molecule has 1 heterocycles. The fourth-order valence-corrected chi connectivity index (χ4v) is 1.99. The van der Waals surface area contributed by atoms with Crippen LogP contribution in [-0.4, -0.2) is 13.2 Å². The van der Waals surface area contributed by atoms with Crippen molar-refractivity contribution in [2.75, 3.05) is 12.4 Å². The van der Waals surface area contributed by atoms with Gasteiger partial charge in [-0.1, -0.05) is 18.2 Å². The number of hydrogen-bond acceptors (Lipinski definition) is 3. The molecule has 0 aliphatic heterocycles. The SMILES string of the molecule is COCc1ccccc1NC(C)Cc1ccco1. The van der Waals surface area contributed by atoms with Gasteiger partial charge in [-0.15, -0.1) is 0 Å². The number of furan rings is 1. The lowest BCUT2D eigenvalue weighted by atomic mass is 10.1. The third-order valence-corrected chi connectivity index (χ3v) is 2.81. The summed E-state index contributed by atoms with van der Waals surface area (Å²) >= 11 is 0. The maximum absolute atomic E-state index is 5.35. The average molecular weight is 245 g/mol. The number of benzene rings is 1. The van der Waals surface area contributed by atoms with Crippen molar-refractivity contribution in [3.63, 3.8) is 0 Å². The molecule has 2 aromatic rings. The molecule has 1 atom stereocenters. The molecule has 1 unspecified atom stereocenters. The molecular weight excluding hydrogens is 226 g/mol. The van der Waals surface area contributed by atoms with Crippen molar-refractivity contribution in [3.8, 4) is 0 Å². The monoisotopic (exact) mass is 245 g/mol. The highest BCUT2D eigenvalue weighted by molar-refractivity contribution is 5.51. The van der Waals surface area contributed by atoms with Crippen molar-refractivity contribution in [1.82, 2.24) is 0 Å². The Kier molecular flexibility index (Phi) is 4.42. The molecule has 96 valence electrons. The van der Waals surface area contributed by atoms with Gasteiger partial charge in [0.15, 0.2) is 0 Å². The van der Waals surface area contributed by atoms with Crippen molar-refractivity contribution in [1.29, 1.82) is 0 Å². The summed E-state index contributed by atoms with van der Waals surface area (Å²) in [5, 5.41) is 3.49. The normalized spacial score (nSPS) is 12.3. The highest BCUT2D eigenvalue weighted by Gasteiger charge is 2.08. The minimum Gasteiger partial charge on any atom is -0.469 e. The minimum absolute atomic E-state index is 0.314. The van der Waals surface area contributed by atoms with Crippen LogP contribution in [0.15, 0.2) is 47.1 Å². The summed E-state index contributed by atoms with van der Waals surface area (Å²) in [5.74, 6) is 0.999. The largest absolute Gasteiger partial charge is 0.469 e. The summed E-state index contributed by atoms with van der Waals surface area (Å²) in [4.78, 5) is 0. The third-order valence-electron chi connectivity index (χ3n) is 2.81. The number of rotatable bonds is 6. The van der Waals surface area contributed by atoms with Crippen LogP contribution >= 0.6 is 0 Å². The van der Waals surface area contributed by atoms with E-state index < -0.39 is 0 Å². The Hall–Kier alpha value is -1.74. The van der Waals surface area contributed by atoms with Crippen LogP contribution < -0.4 is 5.32 Å². The lowest BCUT2D eigenvalue weighted by Crippen LogP contribution is -2.18.